The molecule has 0 aromatic heterocycles. The molecule has 0 N–H and O–H groups in total. The van der Waals surface area contributed by atoms with Crippen LogP contribution in [0.1, 0.15) is 20.7 Å². The highest BCUT2D eigenvalue weighted by Gasteiger charge is 2.36. The molecule has 3 aromatic carbocycles. The highest BCUT2D eigenvalue weighted by atomic mass is 127. The number of rotatable bonds is 2. The van der Waals surface area contributed by atoms with Crippen LogP contribution >= 0.6 is 38.5 Å². The van der Waals surface area contributed by atoms with Crippen molar-refractivity contribution in [2.75, 3.05) is 4.90 Å². The summed E-state index contributed by atoms with van der Waals surface area (Å²) in [4.78, 5) is 37.9. The number of nitrogens with zero attached hydrogens (tertiary/aromatic N) is 2. The number of hydrogen-bond acceptors (Lipinski definition) is 4. The lowest BCUT2D eigenvalue weighted by Crippen LogP contribution is -2.40. The van der Waals surface area contributed by atoms with Gasteiger partial charge in [-0.1, -0.05) is 12.1 Å². The van der Waals surface area contributed by atoms with Gasteiger partial charge in [-0.25, -0.2) is 4.90 Å². The van der Waals surface area contributed by atoms with Crippen LogP contribution in [-0.2, 0) is 0 Å². The Labute approximate surface area is 169 Å². The Morgan fingerprint density at radius 1 is 1.00 bits per heavy atom. The van der Waals surface area contributed by atoms with Crippen molar-refractivity contribution in [3.05, 3.63) is 77.8 Å². The van der Waals surface area contributed by atoms with Crippen LogP contribution < -0.4 is 4.90 Å². The normalized spacial score (nSPS) is 13.4. The zero-order valence-electron chi connectivity index (χ0n) is 12.9. The molecule has 0 bridgehead atoms. The number of benzene rings is 3. The fourth-order valence-corrected chi connectivity index (χ4v) is 4.02. The summed E-state index contributed by atoms with van der Waals surface area (Å²) in [6, 6.07) is 13.1. The van der Waals surface area contributed by atoms with Crippen LogP contribution in [0.5, 0.6) is 0 Å². The molecule has 8 heteroatoms. The smallest absolute Gasteiger partial charge is 0.268 e. The van der Waals surface area contributed by atoms with Crippen molar-refractivity contribution in [3.8, 4) is 0 Å². The van der Waals surface area contributed by atoms with E-state index >= 15 is 0 Å². The van der Waals surface area contributed by atoms with E-state index in [0.29, 0.717) is 22.0 Å². The van der Waals surface area contributed by atoms with Crippen LogP contribution in [0, 0.1) is 13.7 Å². The zero-order valence-corrected chi connectivity index (χ0v) is 16.6. The Kier molecular flexibility index (Phi) is 4.03. The van der Waals surface area contributed by atoms with Gasteiger partial charge in [-0.3, -0.25) is 19.7 Å². The molecule has 0 unspecified atom stereocenters. The largest absolute Gasteiger partial charge is 0.284 e. The molecule has 128 valence electrons. The Morgan fingerprint density at radius 2 is 1.65 bits per heavy atom. The Bertz CT molecular complexity index is 1130. The molecule has 6 nitrogen and oxygen atoms in total. The highest BCUT2D eigenvalue weighted by molar-refractivity contribution is 14.1. The lowest BCUT2D eigenvalue weighted by atomic mass is 9.93. The molecular formula is C18H8BrIN2O4. The molecule has 4 rings (SSSR count). The predicted molar refractivity (Wildman–Crippen MR) is 109 cm³/mol. The summed E-state index contributed by atoms with van der Waals surface area (Å²) in [6.45, 7) is 0. The fourth-order valence-electron chi connectivity index (χ4n) is 3.07. The van der Waals surface area contributed by atoms with E-state index in [1.807, 2.05) is 0 Å². The van der Waals surface area contributed by atoms with Gasteiger partial charge in [0.1, 0.15) is 4.47 Å². The van der Waals surface area contributed by atoms with Crippen molar-refractivity contribution in [1.82, 2.24) is 0 Å². The maximum atomic E-state index is 13.1. The van der Waals surface area contributed by atoms with Gasteiger partial charge in [-0.05, 0) is 68.9 Å². The average Bonchev–Trinajstić information content (AvgIpc) is 2.62. The quantitative estimate of drug-likeness (QED) is 0.207. The maximum Gasteiger partial charge on any atom is 0.284 e. The van der Waals surface area contributed by atoms with E-state index < -0.39 is 16.7 Å². The van der Waals surface area contributed by atoms with E-state index in [4.69, 9.17) is 0 Å². The number of nitro groups is 1. The monoisotopic (exact) mass is 522 g/mol. The van der Waals surface area contributed by atoms with Crippen LogP contribution in [-0.4, -0.2) is 16.7 Å². The predicted octanol–water partition coefficient (Wildman–Crippen LogP) is 4.92. The second-order valence-corrected chi connectivity index (χ2v) is 7.70. The topological polar surface area (TPSA) is 80.5 Å². The minimum Gasteiger partial charge on any atom is -0.268 e. The summed E-state index contributed by atoms with van der Waals surface area (Å²) >= 11 is 5.36. The first-order valence-corrected chi connectivity index (χ1v) is 9.31. The third-order valence-electron chi connectivity index (χ3n) is 4.22. The Morgan fingerprint density at radius 3 is 2.31 bits per heavy atom. The minimum absolute atomic E-state index is 0.142. The molecule has 0 radical (unpaired) electrons. The van der Waals surface area contributed by atoms with Gasteiger partial charge >= 0.3 is 0 Å². The molecule has 1 aliphatic rings. The second kappa shape index (κ2) is 6.13. The van der Waals surface area contributed by atoms with Crippen molar-refractivity contribution >= 4 is 72.5 Å². The standard InChI is InChI=1S/C18H8BrIN2O4/c19-16-11-2-1-3-12-15(11)13(8-14(16)22(25)26)18(24)21(17(12)23)10-6-4-9(20)5-7-10/h1-8H. The van der Waals surface area contributed by atoms with Crippen molar-refractivity contribution in [2.45, 2.75) is 0 Å². The van der Waals surface area contributed by atoms with E-state index in [1.54, 1.807) is 42.5 Å². The third kappa shape index (κ3) is 2.43. The van der Waals surface area contributed by atoms with Crippen molar-refractivity contribution < 1.29 is 14.5 Å². The molecule has 0 aliphatic carbocycles. The van der Waals surface area contributed by atoms with Crippen LogP contribution in [0.25, 0.3) is 10.8 Å². The van der Waals surface area contributed by atoms with Crippen LogP contribution in [0.3, 0.4) is 0 Å². The highest BCUT2D eigenvalue weighted by Crippen LogP contribution is 2.40. The zero-order chi connectivity index (χ0) is 18.6. The summed E-state index contributed by atoms with van der Waals surface area (Å²) < 4.78 is 1.22. The molecule has 1 aliphatic heterocycles. The molecule has 0 spiro atoms. The Balaban J connectivity index is 2.03. The van der Waals surface area contributed by atoms with Gasteiger partial charge < -0.3 is 0 Å². The molecule has 0 saturated carbocycles. The summed E-state index contributed by atoms with van der Waals surface area (Å²) in [6.07, 6.45) is 0. The van der Waals surface area contributed by atoms with E-state index in [2.05, 4.69) is 38.5 Å². The first kappa shape index (κ1) is 17.1. The number of anilines is 1. The molecule has 26 heavy (non-hydrogen) atoms. The van der Waals surface area contributed by atoms with Crippen molar-refractivity contribution in [3.63, 3.8) is 0 Å². The van der Waals surface area contributed by atoms with Gasteiger partial charge in [0, 0.05) is 26.0 Å². The van der Waals surface area contributed by atoms with Gasteiger partial charge in [-0.2, -0.15) is 0 Å². The van der Waals surface area contributed by atoms with Gasteiger partial charge in [0.15, 0.2) is 0 Å². The van der Waals surface area contributed by atoms with Gasteiger partial charge in [0.25, 0.3) is 17.5 Å². The van der Waals surface area contributed by atoms with Crippen LogP contribution in [0.4, 0.5) is 11.4 Å². The second-order valence-electron chi connectivity index (χ2n) is 5.66. The maximum absolute atomic E-state index is 13.1. The number of carbonyl (C=O) groups is 2. The summed E-state index contributed by atoms with van der Waals surface area (Å²) in [5, 5.41) is 12.3. The first-order chi connectivity index (χ1) is 12.4. The average molecular weight is 523 g/mol. The molecule has 0 saturated heterocycles. The lowest BCUT2D eigenvalue weighted by Gasteiger charge is -2.27. The fraction of sp³-hybridized carbons (Fsp3) is 0. The van der Waals surface area contributed by atoms with E-state index in [9.17, 15) is 19.7 Å². The van der Waals surface area contributed by atoms with Gasteiger partial charge in [0.05, 0.1) is 16.2 Å². The minimum atomic E-state index is -0.574. The Hall–Kier alpha value is -2.33. The van der Waals surface area contributed by atoms with Crippen LogP contribution in [0.15, 0.2) is 53.0 Å². The third-order valence-corrected chi connectivity index (χ3v) is 5.78. The van der Waals surface area contributed by atoms with Crippen LogP contribution in [0.2, 0.25) is 0 Å². The number of imide groups is 1. The molecule has 1 heterocycles. The van der Waals surface area contributed by atoms with Gasteiger partial charge in [0.2, 0.25) is 0 Å². The number of nitro benzene ring substituents is 1. The van der Waals surface area contributed by atoms with E-state index in [-0.39, 0.29) is 15.7 Å². The summed E-state index contributed by atoms with van der Waals surface area (Å²) in [7, 11) is 0. The summed E-state index contributed by atoms with van der Waals surface area (Å²) in [5.74, 6) is -1.02. The first-order valence-electron chi connectivity index (χ1n) is 7.44. The number of hydrogen-bond donors (Lipinski definition) is 0. The van der Waals surface area contributed by atoms with Crippen molar-refractivity contribution in [2.24, 2.45) is 0 Å². The lowest BCUT2D eigenvalue weighted by molar-refractivity contribution is -0.385. The molecular weight excluding hydrogens is 515 g/mol. The molecule has 0 fully saturated rings. The summed E-state index contributed by atoms with van der Waals surface area (Å²) in [5.41, 5.74) is 0.693. The van der Waals surface area contributed by atoms with Crippen molar-refractivity contribution in [1.29, 1.82) is 0 Å². The van der Waals surface area contributed by atoms with Gasteiger partial charge in [-0.15, -0.1) is 0 Å². The van der Waals surface area contributed by atoms with E-state index in [1.165, 1.54) is 6.07 Å². The molecule has 3 aromatic rings. The molecule has 2 amide bonds. The van der Waals surface area contributed by atoms with E-state index in [0.717, 1.165) is 8.47 Å². The molecule has 0 atom stereocenters. The number of carbonyl (C=O) groups excluding carboxylic acids is 2. The number of amides is 2. The SMILES string of the molecule is O=C1c2cccc3c(Br)c([N+](=O)[O-])cc(c23)C(=O)N1c1ccc(I)cc1. The number of halogens is 2.